The lowest BCUT2D eigenvalue weighted by atomic mass is 9.98. The maximum absolute atomic E-state index is 12.2. The number of nitrogens with zero attached hydrogens (tertiary/aromatic N) is 2. The first-order valence-corrected chi connectivity index (χ1v) is 10.4. The summed E-state index contributed by atoms with van der Waals surface area (Å²) in [4.78, 5) is 12.2. The molecule has 1 aromatic heterocycles. The second-order valence-electron chi connectivity index (χ2n) is 6.23. The second-order valence-corrected chi connectivity index (χ2v) is 8.65. The fourth-order valence-corrected chi connectivity index (χ4v) is 3.82. The molecule has 1 aliphatic heterocycles. The Hall–Kier alpha value is -1.90. The number of esters is 1. The van der Waals surface area contributed by atoms with E-state index in [0.717, 1.165) is 5.56 Å². The molecule has 0 unspecified atom stereocenters. The zero-order valence-corrected chi connectivity index (χ0v) is 15.8. The van der Waals surface area contributed by atoms with E-state index in [9.17, 15) is 13.2 Å². The maximum atomic E-state index is 12.2. The maximum Gasteiger partial charge on any atom is 0.309 e. The van der Waals surface area contributed by atoms with Crippen molar-refractivity contribution in [3.8, 4) is 11.3 Å². The summed E-state index contributed by atoms with van der Waals surface area (Å²) in [5.41, 5.74) is 1.48. The van der Waals surface area contributed by atoms with Crippen LogP contribution in [0, 0.1) is 5.92 Å². The van der Waals surface area contributed by atoms with Gasteiger partial charge in [0.2, 0.25) is 10.0 Å². The minimum atomic E-state index is -3.21. The number of carbonyl (C=O) groups excluding carboxylic acids is 1. The van der Waals surface area contributed by atoms with Crippen LogP contribution in [-0.4, -0.2) is 43.2 Å². The van der Waals surface area contributed by atoms with Gasteiger partial charge in [-0.3, -0.25) is 4.79 Å². The van der Waals surface area contributed by atoms with E-state index in [1.165, 1.54) is 10.6 Å². The molecule has 1 saturated heterocycles. The van der Waals surface area contributed by atoms with Crippen molar-refractivity contribution in [1.29, 1.82) is 0 Å². The van der Waals surface area contributed by atoms with Crippen LogP contribution < -0.4 is 0 Å². The van der Waals surface area contributed by atoms with Crippen LogP contribution in [0.15, 0.2) is 34.9 Å². The normalized spacial score (nSPS) is 16.5. The molecule has 1 aliphatic rings. The third-order valence-corrected chi connectivity index (χ3v) is 5.87. The highest BCUT2D eigenvalue weighted by Gasteiger charge is 2.30. The van der Waals surface area contributed by atoms with Gasteiger partial charge in [0, 0.05) is 29.7 Å². The van der Waals surface area contributed by atoms with Gasteiger partial charge in [0.05, 0.1) is 12.2 Å². The molecular formula is C17H19ClN2O5S. The molecule has 9 heteroatoms. The van der Waals surface area contributed by atoms with Crippen LogP contribution in [-0.2, 0) is 26.2 Å². The number of hydrogen-bond donors (Lipinski definition) is 0. The first-order chi connectivity index (χ1) is 12.3. The molecule has 0 amide bonds. The van der Waals surface area contributed by atoms with E-state index < -0.39 is 10.0 Å². The Morgan fingerprint density at radius 3 is 2.58 bits per heavy atom. The van der Waals surface area contributed by atoms with Crippen LogP contribution in [0.1, 0.15) is 18.6 Å². The average molecular weight is 399 g/mol. The van der Waals surface area contributed by atoms with Crippen LogP contribution in [0.25, 0.3) is 11.3 Å². The third-order valence-electron chi connectivity index (χ3n) is 4.31. The summed E-state index contributed by atoms with van der Waals surface area (Å²) in [5.74, 6) is -0.203. The number of ether oxygens (including phenoxy) is 1. The zero-order valence-electron chi connectivity index (χ0n) is 14.2. The Labute approximate surface area is 156 Å². The predicted molar refractivity (Wildman–Crippen MR) is 95.9 cm³/mol. The first kappa shape index (κ1) is 18.9. The molecule has 0 bridgehead atoms. The molecule has 26 heavy (non-hydrogen) atoms. The number of carbonyl (C=O) groups is 1. The van der Waals surface area contributed by atoms with Crippen LogP contribution in [0.2, 0.25) is 5.02 Å². The first-order valence-electron chi connectivity index (χ1n) is 8.16. The average Bonchev–Trinajstić information content (AvgIpc) is 3.08. The van der Waals surface area contributed by atoms with E-state index in [4.69, 9.17) is 20.9 Å². The van der Waals surface area contributed by atoms with E-state index >= 15 is 0 Å². The smallest absolute Gasteiger partial charge is 0.309 e. The van der Waals surface area contributed by atoms with E-state index in [2.05, 4.69) is 5.16 Å². The minimum Gasteiger partial charge on any atom is -0.457 e. The summed E-state index contributed by atoms with van der Waals surface area (Å²) in [6.45, 7) is 0.662. The lowest BCUT2D eigenvalue weighted by molar-refractivity contribution is -0.151. The Kier molecular flexibility index (Phi) is 5.64. The number of aromatic nitrogens is 1. The van der Waals surface area contributed by atoms with Crippen molar-refractivity contribution in [3.05, 3.63) is 41.1 Å². The number of sulfonamides is 1. The molecule has 2 heterocycles. The molecule has 1 aromatic carbocycles. The van der Waals surface area contributed by atoms with Crippen LogP contribution in [0.3, 0.4) is 0 Å². The predicted octanol–water partition coefficient (Wildman–Crippen LogP) is 2.71. The summed E-state index contributed by atoms with van der Waals surface area (Å²) in [7, 11) is -3.21. The largest absolute Gasteiger partial charge is 0.457 e. The van der Waals surface area contributed by atoms with Crippen molar-refractivity contribution in [2.45, 2.75) is 19.4 Å². The van der Waals surface area contributed by atoms with Gasteiger partial charge in [0.15, 0.2) is 12.4 Å². The molecule has 0 aliphatic carbocycles. The highest BCUT2D eigenvalue weighted by atomic mass is 35.5. The summed E-state index contributed by atoms with van der Waals surface area (Å²) >= 11 is 5.86. The molecule has 2 aromatic rings. The Morgan fingerprint density at radius 1 is 1.31 bits per heavy atom. The van der Waals surface area contributed by atoms with Crippen LogP contribution >= 0.6 is 11.6 Å². The molecule has 3 rings (SSSR count). The fourth-order valence-electron chi connectivity index (χ4n) is 2.82. The number of benzene rings is 1. The fraction of sp³-hybridized carbons (Fsp3) is 0.412. The van der Waals surface area contributed by atoms with Gasteiger partial charge in [-0.15, -0.1) is 0 Å². The van der Waals surface area contributed by atoms with Gasteiger partial charge in [-0.05, 0) is 25.0 Å². The highest BCUT2D eigenvalue weighted by Crippen LogP contribution is 2.23. The second kappa shape index (κ2) is 7.77. The molecule has 1 fully saturated rings. The molecule has 7 nitrogen and oxygen atoms in total. The summed E-state index contributed by atoms with van der Waals surface area (Å²) in [6, 6.07) is 8.88. The summed E-state index contributed by atoms with van der Waals surface area (Å²) in [6.07, 6.45) is 2.09. The van der Waals surface area contributed by atoms with Crippen molar-refractivity contribution >= 4 is 27.6 Å². The number of rotatable bonds is 5. The SMILES string of the molecule is CS(=O)(=O)N1CCC(C(=O)OCc2cc(-c3ccc(Cl)cc3)no2)CC1. The Morgan fingerprint density at radius 2 is 1.96 bits per heavy atom. The van der Waals surface area contributed by atoms with Crippen LogP contribution in [0.5, 0.6) is 0 Å². The molecule has 0 saturated carbocycles. The molecule has 0 spiro atoms. The zero-order chi connectivity index (χ0) is 18.7. The van der Waals surface area contributed by atoms with E-state index in [1.54, 1.807) is 18.2 Å². The van der Waals surface area contributed by atoms with Gasteiger partial charge in [-0.1, -0.05) is 28.9 Å². The molecule has 0 radical (unpaired) electrons. The molecule has 0 atom stereocenters. The quantitative estimate of drug-likeness (QED) is 0.719. The van der Waals surface area contributed by atoms with Gasteiger partial charge in [0.25, 0.3) is 0 Å². The van der Waals surface area contributed by atoms with Crippen molar-refractivity contribution < 1.29 is 22.5 Å². The monoisotopic (exact) mass is 398 g/mol. The summed E-state index contributed by atoms with van der Waals surface area (Å²) in [5, 5.41) is 4.59. The van der Waals surface area contributed by atoms with Gasteiger partial charge in [-0.25, -0.2) is 12.7 Å². The standard InChI is InChI=1S/C17H19ClN2O5S/c1-26(22,23)20-8-6-13(7-9-20)17(21)24-11-15-10-16(19-25-15)12-2-4-14(18)5-3-12/h2-5,10,13H,6-9,11H2,1H3. The number of piperidine rings is 1. The Bertz CT molecular complexity index is 871. The van der Waals surface area contributed by atoms with Crippen molar-refractivity contribution in [2.24, 2.45) is 5.92 Å². The van der Waals surface area contributed by atoms with Gasteiger partial charge < -0.3 is 9.26 Å². The van der Waals surface area contributed by atoms with Crippen molar-refractivity contribution in [3.63, 3.8) is 0 Å². The van der Waals surface area contributed by atoms with E-state index in [1.807, 2.05) is 12.1 Å². The van der Waals surface area contributed by atoms with E-state index in [0.29, 0.717) is 42.4 Å². The molecular weight excluding hydrogens is 380 g/mol. The van der Waals surface area contributed by atoms with Crippen molar-refractivity contribution in [2.75, 3.05) is 19.3 Å². The molecule has 140 valence electrons. The van der Waals surface area contributed by atoms with Gasteiger partial charge >= 0.3 is 5.97 Å². The minimum absolute atomic E-state index is 0.00822. The molecule has 0 N–H and O–H groups in total. The topological polar surface area (TPSA) is 89.7 Å². The lowest BCUT2D eigenvalue weighted by Gasteiger charge is -2.28. The third kappa shape index (κ3) is 4.63. The highest BCUT2D eigenvalue weighted by molar-refractivity contribution is 7.88. The summed E-state index contributed by atoms with van der Waals surface area (Å²) < 4.78 is 34.9. The van der Waals surface area contributed by atoms with E-state index in [-0.39, 0.29) is 18.5 Å². The lowest BCUT2D eigenvalue weighted by Crippen LogP contribution is -2.40. The van der Waals surface area contributed by atoms with Gasteiger partial charge in [-0.2, -0.15) is 0 Å². The van der Waals surface area contributed by atoms with Gasteiger partial charge in [0.1, 0.15) is 5.69 Å². The van der Waals surface area contributed by atoms with Crippen molar-refractivity contribution in [1.82, 2.24) is 9.46 Å². The number of halogens is 1. The Balaban J connectivity index is 1.52. The number of hydrogen-bond acceptors (Lipinski definition) is 6. The van der Waals surface area contributed by atoms with Crippen LogP contribution in [0.4, 0.5) is 0 Å².